The molecule has 2 rings (SSSR count). The molecule has 10 nitrogen and oxygen atoms in total. The number of fused-ring (bicyclic) bond motifs is 1. The molecular formula is C15H18N4O6. The first-order chi connectivity index (χ1) is 11.9. The average Bonchev–Trinajstić information content (AvgIpc) is 2.92. The van der Waals surface area contributed by atoms with E-state index in [1.54, 1.807) is 6.92 Å². The molecule has 25 heavy (non-hydrogen) atoms. The van der Waals surface area contributed by atoms with Crippen LogP contribution >= 0.6 is 0 Å². The van der Waals surface area contributed by atoms with Crippen LogP contribution in [0.3, 0.4) is 0 Å². The van der Waals surface area contributed by atoms with Crippen molar-refractivity contribution in [1.29, 1.82) is 0 Å². The Morgan fingerprint density at radius 1 is 1.32 bits per heavy atom. The molecule has 2 N–H and O–H groups in total. The van der Waals surface area contributed by atoms with Crippen LogP contribution in [0.1, 0.15) is 23.0 Å². The second kappa shape index (κ2) is 7.60. The maximum Gasteiger partial charge on any atom is 0.342 e. The van der Waals surface area contributed by atoms with Crippen molar-refractivity contribution < 1.29 is 23.5 Å². The maximum atomic E-state index is 12.6. The van der Waals surface area contributed by atoms with Gasteiger partial charge in [-0.2, -0.15) is 0 Å². The van der Waals surface area contributed by atoms with Gasteiger partial charge < -0.3 is 19.8 Å². The van der Waals surface area contributed by atoms with Gasteiger partial charge in [0.2, 0.25) is 17.5 Å². The van der Waals surface area contributed by atoms with Crippen molar-refractivity contribution in [1.82, 2.24) is 20.2 Å². The van der Waals surface area contributed by atoms with Gasteiger partial charge in [-0.15, -0.1) is 0 Å². The molecule has 0 saturated carbocycles. The van der Waals surface area contributed by atoms with Gasteiger partial charge in [0, 0.05) is 7.05 Å². The Bertz CT molecular complexity index is 882. The number of ether oxygens (including phenoxy) is 1. The summed E-state index contributed by atoms with van der Waals surface area (Å²) in [6, 6.07) is 0. The average molecular weight is 350 g/mol. The summed E-state index contributed by atoms with van der Waals surface area (Å²) in [4.78, 5) is 51.6. The van der Waals surface area contributed by atoms with Crippen LogP contribution in [0, 0.1) is 6.92 Å². The first-order valence-corrected chi connectivity index (χ1v) is 7.52. The van der Waals surface area contributed by atoms with E-state index in [2.05, 4.69) is 15.6 Å². The fourth-order valence-corrected chi connectivity index (χ4v) is 2.18. The van der Waals surface area contributed by atoms with Gasteiger partial charge in [-0.25, -0.2) is 9.78 Å². The van der Waals surface area contributed by atoms with E-state index in [9.17, 15) is 19.2 Å². The van der Waals surface area contributed by atoms with E-state index >= 15 is 0 Å². The van der Waals surface area contributed by atoms with E-state index < -0.39 is 17.4 Å². The highest BCUT2D eigenvalue weighted by Crippen LogP contribution is 2.21. The Balaban J connectivity index is 2.34. The quantitative estimate of drug-likeness (QED) is 0.661. The molecule has 2 aromatic rings. The van der Waals surface area contributed by atoms with Crippen LogP contribution in [0.25, 0.3) is 11.1 Å². The summed E-state index contributed by atoms with van der Waals surface area (Å²) in [5.74, 6) is -1.41. The Labute approximate surface area is 142 Å². The fourth-order valence-electron chi connectivity index (χ4n) is 2.18. The van der Waals surface area contributed by atoms with Gasteiger partial charge in [0.25, 0.3) is 5.56 Å². The van der Waals surface area contributed by atoms with Crippen molar-refractivity contribution in [2.45, 2.75) is 20.4 Å². The number of rotatable bonds is 6. The lowest BCUT2D eigenvalue weighted by atomic mass is 10.2. The zero-order valence-corrected chi connectivity index (χ0v) is 14.0. The minimum absolute atomic E-state index is 0.00512. The fraction of sp³-hybridized carbons (Fsp3) is 0.400. The molecule has 0 aliphatic carbocycles. The van der Waals surface area contributed by atoms with Crippen LogP contribution < -0.4 is 16.2 Å². The molecule has 2 aromatic heterocycles. The van der Waals surface area contributed by atoms with Gasteiger partial charge in [-0.05, 0) is 13.8 Å². The predicted molar refractivity (Wildman–Crippen MR) is 86.0 cm³/mol. The maximum absolute atomic E-state index is 12.6. The summed E-state index contributed by atoms with van der Waals surface area (Å²) in [5.41, 5.74) is -0.623. The van der Waals surface area contributed by atoms with Crippen molar-refractivity contribution in [3.63, 3.8) is 0 Å². The number of aryl methyl sites for hydroxylation is 1. The van der Waals surface area contributed by atoms with Crippen LogP contribution in [-0.4, -0.2) is 47.5 Å². The first-order valence-electron chi connectivity index (χ1n) is 7.52. The van der Waals surface area contributed by atoms with E-state index in [4.69, 9.17) is 9.15 Å². The number of hydrogen-bond acceptors (Lipinski definition) is 7. The number of carbonyl (C=O) groups excluding carboxylic acids is 3. The van der Waals surface area contributed by atoms with Gasteiger partial charge in [0.1, 0.15) is 29.6 Å². The minimum atomic E-state index is -0.695. The van der Waals surface area contributed by atoms with Gasteiger partial charge >= 0.3 is 5.97 Å². The summed E-state index contributed by atoms with van der Waals surface area (Å²) >= 11 is 0. The molecule has 0 fully saturated rings. The number of aromatic nitrogens is 2. The second-order valence-electron chi connectivity index (χ2n) is 5.06. The molecular weight excluding hydrogens is 332 g/mol. The molecule has 0 unspecified atom stereocenters. The molecule has 2 heterocycles. The molecule has 0 saturated heterocycles. The predicted octanol–water partition coefficient (Wildman–Crippen LogP) is -0.663. The molecule has 0 aromatic carbocycles. The molecule has 0 aliphatic heterocycles. The summed E-state index contributed by atoms with van der Waals surface area (Å²) in [6.07, 6.45) is 1.14. The Kier molecular flexibility index (Phi) is 5.52. The third kappa shape index (κ3) is 3.84. The highest BCUT2D eigenvalue weighted by molar-refractivity contribution is 6.03. The highest BCUT2D eigenvalue weighted by atomic mass is 16.5. The number of nitrogens with one attached hydrogen (secondary N) is 2. The monoisotopic (exact) mass is 350 g/mol. The van der Waals surface area contributed by atoms with Crippen LogP contribution in [0.4, 0.5) is 0 Å². The van der Waals surface area contributed by atoms with E-state index in [0.29, 0.717) is 0 Å². The van der Waals surface area contributed by atoms with Crippen LogP contribution in [0.2, 0.25) is 0 Å². The molecule has 0 spiro atoms. The number of amides is 2. The van der Waals surface area contributed by atoms with Gasteiger partial charge in [0.15, 0.2) is 0 Å². The normalized spacial score (nSPS) is 10.5. The standard InChI is InChI=1S/C15H18N4O6/c1-4-24-15(23)11-8(2)25-13-12(11)14(22)19(7-18-13)6-10(21)17-5-9(20)16-3/h7H,4-6H2,1-3H3,(H,16,20)(H,17,21). The smallest absolute Gasteiger partial charge is 0.342 e. The molecule has 0 radical (unpaired) electrons. The van der Waals surface area contributed by atoms with Crippen molar-refractivity contribution >= 4 is 28.9 Å². The number of nitrogens with zero attached hydrogens (tertiary/aromatic N) is 2. The minimum Gasteiger partial charge on any atom is -0.462 e. The Morgan fingerprint density at radius 3 is 2.68 bits per heavy atom. The SMILES string of the molecule is CCOC(=O)c1c(C)oc2ncn(CC(=O)NCC(=O)NC)c(=O)c12. The number of esters is 1. The summed E-state index contributed by atoms with van der Waals surface area (Å²) in [6.45, 7) is 2.74. The molecule has 10 heteroatoms. The van der Waals surface area contributed by atoms with Crippen molar-refractivity contribution in [2.24, 2.45) is 0 Å². The van der Waals surface area contributed by atoms with E-state index in [1.807, 2.05) is 0 Å². The second-order valence-corrected chi connectivity index (χ2v) is 5.06. The molecule has 134 valence electrons. The van der Waals surface area contributed by atoms with Crippen LogP contribution in [0.15, 0.2) is 15.5 Å². The van der Waals surface area contributed by atoms with E-state index in [0.717, 1.165) is 10.9 Å². The van der Waals surface area contributed by atoms with Gasteiger partial charge in [0.05, 0.1) is 13.2 Å². The van der Waals surface area contributed by atoms with Gasteiger partial charge in [-0.3, -0.25) is 19.0 Å². The zero-order valence-electron chi connectivity index (χ0n) is 14.0. The molecule has 0 atom stereocenters. The van der Waals surface area contributed by atoms with Crippen LogP contribution in [-0.2, 0) is 20.9 Å². The third-order valence-corrected chi connectivity index (χ3v) is 3.37. The highest BCUT2D eigenvalue weighted by Gasteiger charge is 2.24. The van der Waals surface area contributed by atoms with Crippen LogP contribution in [0.5, 0.6) is 0 Å². The number of carbonyl (C=O) groups is 3. The summed E-state index contributed by atoms with van der Waals surface area (Å²) in [7, 11) is 1.44. The van der Waals surface area contributed by atoms with E-state index in [-0.39, 0.29) is 48.0 Å². The summed E-state index contributed by atoms with van der Waals surface area (Å²) < 4.78 is 11.3. The van der Waals surface area contributed by atoms with Gasteiger partial charge in [-0.1, -0.05) is 0 Å². The third-order valence-electron chi connectivity index (χ3n) is 3.37. The lowest BCUT2D eigenvalue weighted by Gasteiger charge is -2.06. The van der Waals surface area contributed by atoms with Crippen molar-refractivity contribution in [3.8, 4) is 0 Å². The number of hydrogen-bond donors (Lipinski definition) is 2. The topological polar surface area (TPSA) is 133 Å². The number of furan rings is 1. The zero-order chi connectivity index (χ0) is 18.6. The number of likely N-dealkylation sites (N-methyl/N-ethyl adjacent to an activating group) is 1. The molecule has 0 aliphatic rings. The van der Waals surface area contributed by atoms with E-state index in [1.165, 1.54) is 14.0 Å². The summed E-state index contributed by atoms with van der Waals surface area (Å²) in [5, 5.41) is 4.68. The lowest BCUT2D eigenvalue weighted by Crippen LogP contribution is -2.38. The first kappa shape index (κ1) is 18.2. The largest absolute Gasteiger partial charge is 0.462 e. The lowest BCUT2D eigenvalue weighted by molar-refractivity contribution is -0.126. The Hall–Kier alpha value is -3.17. The van der Waals surface area contributed by atoms with Crippen molar-refractivity contribution in [2.75, 3.05) is 20.2 Å². The molecule has 2 amide bonds. The Morgan fingerprint density at radius 2 is 2.04 bits per heavy atom. The van der Waals surface area contributed by atoms with Crippen molar-refractivity contribution in [3.05, 3.63) is 28.0 Å². The molecule has 0 bridgehead atoms.